The van der Waals surface area contributed by atoms with Crippen LogP contribution in [0.3, 0.4) is 0 Å². The molecule has 4 aromatic carbocycles. The van der Waals surface area contributed by atoms with Crippen molar-refractivity contribution in [1.82, 2.24) is 9.97 Å². The fourth-order valence-electron chi connectivity index (χ4n) is 7.07. The normalized spacial score (nSPS) is 11.8. The predicted octanol–water partition coefficient (Wildman–Crippen LogP) is 14.2. The molecule has 9 rings (SSSR count). The molecule has 0 radical (unpaired) electrons. The number of thiophene rings is 1. The Bertz CT molecular complexity index is 2830. The van der Waals surface area contributed by atoms with Crippen LogP contribution in [0.5, 0.6) is 0 Å². The lowest BCUT2D eigenvalue weighted by atomic mass is 10.0. The molecule has 7 heteroatoms. The molecule has 0 amide bonds. The van der Waals surface area contributed by atoms with Crippen molar-refractivity contribution in [2.24, 2.45) is 5.11 Å². The zero-order valence-corrected chi connectivity index (χ0v) is 30.7. The minimum absolute atomic E-state index is 0.552. The molecule has 6 nitrogen and oxygen atoms in total. The molecular formula is C47H33N5OS. The van der Waals surface area contributed by atoms with E-state index in [1.165, 1.54) is 16.7 Å². The molecule has 7 aromatic rings. The van der Waals surface area contributed by atoms with E-state index in [0.717, 1.165) is 82.3 Å². The van der Waals surface area contributed by atoms with Gasteiger partial charge in [-0.2, -0.15) is 0 Å². The second kappa shape index (κ2) is 13.6. The standard InChI is InChI=1S/C47H33N5OS/c1-28-4-10-31(11-5-28)44-36-20-22-38(49-36)46(33-14-8-30(3)9-15-33)42-26-27-43(54-42)47(34-16-18-35(19-17-34)51-52-48)39-23-21-37(50-39)45(41-25-24-40(44)53-41)32-12-6-29(2)7-13-32/h4-27H,1-3H3. The lowest BCUT2D eigenvalue weighted by molar-refractivity contribution is 0.667. The Morgan fingerprint density at radius 2 is 0.815 bits per heavy atom. The Hall–Kier alpha value is -6.79. The third kappa shape index (κ3) is 6.11. The van der Waals surface area contributed by atoms with Crippen molar-refractivity contribution in [3.63, 3.8) is 0 Å². The summed E-state index contributed by atoms with van der Waals surface area (Å²) in [5.41, 5.74) is 25.9. The average Bonchev–Trinajstić information content (AvgIpc) is 4.02. The maximum Gasteiger partial charge on any atom is 0.137 e. The van der Waals surface area contributed by atoms with Gasteiger partial charge in [-0.25, -0.2) is 9.97 Å². The highest BCUT2D eigenvalue weighted by Gasteiger charge is 2.20. The van der Waals surface area contributed by atoms with E-state index in [4.69, 9.17) is 19.9 Å². The van der Waals surface area contributed by atoms with Gasteiger partial charge in [0.1, 0.15) is 11.2 Å². The van der Waals surface area contributed by atoms with E-state index < -0.39 is 0 Å². The van der Waals surface area contributed by atoms with Gasteiger partial charge in [0, 0.05) is 31.1 Å². The summed E-state index contributed by atoms with van der Waals surface area (Å²) in [6, 6.07) is 41.8. The number of fused-ring (bicyclic) bond motifs is 8. The molecule has 2 aliphatic heterocycles. The summed E-state index contributed by atoms with van der Waals surface area (Å²) in [5.74, 6) is 0. The van der Waals surface area contributed by atoms with E-state index in [9.17, 15) is 0 Å². The highest BCUT2D eigenvalue weighted by atomic mass is 32.1. The summed E-state index contributed by atoms with van der Waals surface area (Å²) in [7, 11) is 0. The number of furan rings is 1. The number of azide groups is 1. The largest absolute Gasteiger partial charge is 0.456 e. The number of hydrogen-bond acceptors (Lipinski definition) is 5. The van der Waals surface area contributed by atoms with Gasteiger partial charge in [-0.15, -0.1) is 11.3 Å². The first kappa shape index (κ1) is 33.1. The first-order chi connectivity index (χ1) is 26.4. The van der Waals surface area contributed by atoms with Crippen LogP contribution in [-0.4, -0.2) is 9.97 Å². The second-order valence-electron chi connectivity index (χ2n) is 13.6. The van der Waals surface area contributed by atoms with Gasteiger partial charge in [-0.3, -0.25) is 0 Å². The second-order valence-corrected chi connectivity index (χ2v) is 14.7. The molecule has 0 spiro atoms. The van der Waals surface area contributed by atoms with Crippen molar-refractivity contribution in [3.05, 3.63) is 171 Å². The lowest BCUT2D eigenvalue weighted by Gasteiger charge is -2.07. The van der Waals surface area contributed by atoms with Crippen LogP contribution in [0.25, 0.3) is 99.8 Å². The molecule has 54 heavy (non-hydrogen) atoms. The van der Waals surface area contributed by atoms with Gasteiger partial charge in [0.15, 0.2) is 0 Å². The van der Waals surface area contributed by atoms with Gasteiger partial charge in [-0.1, -0.05) is 119 Å². The lowest BCUT2D eigenvalue weighted by Crippen LogP contribution is -1.87. The fourth-order valence-corrected chi connectivity index (χ4v) is 8.23. The van der Waals surface area contributed by atoms with Crippen LogP contribution in [0.1, 0.15) is 39.5 Å². The number of nitrogens with zero attached hydrogens (tertiary/aromatic N) is 5. The van der Waals surface area contributed by atoms with Crippen LogP contribution < -0.4 is 0 Å². The Morgan fingerprint density at radius 3 is 1.20 bits per heavy atom. The molecular weight excluding hydrogens is 683 g/mol. The Labute approximate surface area is 316 Å². The minimum atomic E-state index is 0.552. The Balaban J connectivity index is 1.45. The van der Waals surface area contributed by atoms with Gasteiger partial charge >= 0.3 is 0 Å². The quantitative estimate of drug-likeness (QED) is 0.101. The molecule has 0 fully saturated rings. The smallest absolute Gasteiger partial charge is 0.137 e. The summed E-state index contributed by atoms with van der Waals surface area (Å²) in [6.07, 6.45) is 8.38. The summed E-state index contributed by atoms with van der Waals surface area (Å²) < 4.78 is 9.05. The van der Waals surface area contributed by atoms with Crippen LogP contribution in [0.15, 0.2) is 131 Å². The molecule has 0 atom stereocenters. The Morgan fingerprint density at radius 1 is 0.463 bits per heavy atom. The number of hydrogen-bond donors (Lipinski definition) is 0. The number of rotatable bonds is 5. The minimum Gasteiger partial charge on any atom is -0.456 e. The molecule has 0 saturated heterocycles. The molecule has 8 bridgehead atoms. The van der Waals surface area contributed by atoms with Gasteiger partial charge in [0.2, 0.25) is 0 Å². The van der Waals surface area contributed by atoms with Crippen molar-refractivity contribution in [2.45, 2.75) is 20.8 Å². The summed E-state index contributed by atoms with van der Waals surface area (Å²) in [6.45, 7) is 6.29. The zero-order valence-electron chi connectivity index (χ0n) is 29.9. The molecule has 3 aromatic heterocycles. The molecule has 0 aliphatic carbocycles. The molecule has 258 valence electrons. The van der Waals surface area contributed by atoms with Crippen LogP contribution in [0.2, 0.25) is 0 Å². The summed E-state index contributed by atoms with van der Waals surface area (Å²) in [4.78, 5) is 13.7. The van der Waals surface area contributed by atoms with Crippen molar-refractivity contribution >= 4 is 61.9 Å². The van der Waals surface area contributed by atoms with Crippen LogP contribution >= 0.6 is 11.3 Å². The van der Waals surface area contributed by atoms with Crippen LogP contribution in [0.4, 0.5) is 5.69 Å². The van der Waals surface area contributed by atoms with Crippen molar-refractivity contribution in [1.29, 1.82) is 0 Å². The number of benzene rings is 4. The van der Waals surface area contributed by atoms with E-state index in [2.05, 4.69) is 140 Å². The third-order valence-electron chi connectivity index (χ3n) is 9.84. The molecule has 0 saturated carbocycles. The van der Waals surface area contributed by atoms with Crippen molar-refractivity contribution in [2.75, 3.05) is 0 Å². The summed E-state index contributed by atoms with van der Waals surface area (Å²) in [5, 5.41) is 3.82. The maximum absolute atomic E-state index is 9.07. The first-order valence-electron chi connectivity index (χ1n) is 17.8. The molecule has 0 unspecified atom stereocenters. The van der Waals surface area contributed by atoms with E-state index in [1.54, 1.807) is 11.3 Å². The summed E-state index contributed by atoms with van der Waals surface area (Å²) >= 11 is 1.71. The predicted molar refractivity (Wildman–Crippen MR) is 225 cm³/mol. The third-order valence-corrected chi connectivity index (χ3v) is 11.0. The average molecular weight is 716 g/mol. The molecule has 0 N–H and O–H groups in total. The maximum atomic E-state index is 9.07. The van der Waals surface area contributed by atoms with E-state index in [1.807, 2.05) is 36.4 Å². The molecule has 2 aliphatic rings. The zero-order chi connectivity index (χ0) is 36.8. The van der Waals surface area contributed by atoms with Gasteiger partial charge < -0.3 is 4.42 Å². The van der Waals surface area contributed by atoms with Crippen molar-refractivity contribution in [3.8, 4) is 44.5 Å². The monoisotopic (exact) mass is 715 g/mol. The Kier molecular flexibility index (Phi) is 8.35. The van der Waals surface area contributed by atoms with Crippen LogP contribution in [0, 0.1) is 20.8 Å². The number of aryl methyl sites for hydroxylation is 3. The number of aromatic nitrogens is 2. The van der Waals surface area contributed by atoms with E-state index >= 15 is 0 Å². The van der Waals surface area contributed by atoms with E-state index in [-0.39, 0.29) is 0 Å². The van der Waals surface area contributed by atoms with E-state index in [0.29, 0.717) is 11.3 Å². The van der Waals surface area contributed by atoms with Gasteiger partial charge in [0.05, 0.1) is 33.9 Å². The fraction of sp³-hybridized carbons (Fsp3) is 0.0638. The van der Waals surface area contributed by atoms with Crippen LogP contribution in [-0.2, 0) is 0 Å². The molecule has 5 heterocycles. The van der Waals surface area contributed by atoms with Gasteiger partial charge in [0.25, 0.3) is 0 Å². The van der Waals surface area contributed by atoms with Gasteiger partial charge in [-0.05, 0) is 97.1 Å². The topological polar surface area (TPSA) is 87.7 Å². The SMILES string of the molecule is Cc1ccc(-c2c3nc(c(-c4ccc(C)cc4)c4ccc(s4)c(-c4ccc(N=[N+]=[N-])cc4)c4nc(c(-c5ccc(C)cc5)c5ccc2o5)C=C4)C=C3)cc1. The first-order valence-corrected chi connectivity index (χ1v) is 18.6. The highest BCUT2D eigenvalue weighted by molar-refractivity contribution is 7.24. The van der Waals surface area contributed by atoms with Crippen molar-refractivity contribution < 1.29 is 4.42 Å². The highest BCUT2D eigenvalue weighted by Crippen LogP contribution is 2.42.